The van der Waals surface area contributed by atoms with Crippen LogP contribution in [-0.2, 0) is 0 Å². The summed E-state index contributed by atoms with van der Waals surface area (Å²) in [5, 5.41) is 13.4. The van der Waals surface area contributed by atoms with Crippen molar-refractivity contribution < 1.29 is 9.90 Å². The van der Waals surface area contributed by atoms with Crippen molar-refractivity contribution in [1.29, 1.82) is 0 Å². The third-order valence-electron chi connectivity index (χ3n) is 2.73. The van der Waals surface area contributed by atoms with E-state index in [4.69, 9.17) is 10.8 Å². The minimum absolute atomic E-state index is 0.0918. The lowest BCUT2D eigenvalue weighted by atomic mass is 10.1. The average Bonchev–Trinajstić information content (AvgIpc) is 2.78. The van der Waals surface area contributed by atoms with Crippen LogP contribution in [0, 0.1) is 0 Å². The second-order valence-electron chi connectivity index (χ2n) is 4.42. The predicted molar refractivity (Wildman–Crippen MR) is 69.0 cm³/mol. The number of nitrogens with zero attached hydrogens (tertiary/aromatic N) is 2. The van der Waals surface area contributed by atoms with E-state index in [1.54, 1.807) is 16.8 Å². The number of hydrogen-bond donors (Lipinski definition) is 2. The molecule has 1 heterocycles. The summed E-state index contributed by atoms with van der Waals surface area (Å²) in [5.41, 5.74) is 7.61. The number of nitrogens with two attached hydrogens (primary N) is 1. The van der Waals surface area contributed by atoms with Crippen LogP contribution in [0.1, 0.15) is 35.8 Å². The molecule has 5 heteroatoms. The Morgan fingerprint density at radius 3 is 2.67 bits per heavy atom. The third-order valence-corrected chi connectivity index (χ3v) is 2.73. The molecule has 0 unspecified atom stereocenters. The lowest BCUT2D eigenvalue weighted by Gasteiger charge is -2.06. The van der Waals surface area contributed by atoms with Gasteiger partial charge in [-0.2, -0.15) is 5.10 Å². The molecule has 18 heavy (non-hydrogen) atoms. The van der Waals surface area contributed by atoms with Crippen LogP contribution < -0.4 is 5.73 Å². The van der Waals surface area contributed by atoms with Crippen molar-refractivity contribution in [3.8, 4) is 5.69 Å². The smallest absolute Gasteiger partial charge is 0.337 e. The molecule has 1 aromatic carbocycles. The Labute approximate surface area is 105 Å². The Morgan fingerprint density at radius 1 is 1.39 bits per heavy atom. The van der Waals surface area contributed by atoms with E-state index in [-0.39, 0.29) is 11.3 Å². The minimum Gasteiger partial charge on any atom is -0.478 e. The van der Waals surface area contributed by atoms with Crippen molar-refractivity contribution in [1.82, 2.24) is 9.78 Å². The number of carboxylic acids is 1. The molecular formula is C13H15N3O2. The standard InChI is InChI=1S/C13H15N3O2/c1-8(2)12-5-6-16(15-12)9-3-4-11(14)10(7-9)13(17)18/h3-8H,14H2,1-2H3,(H,17,18). The SMILES string of the molecule is CC(C)c1ccn(-c2ccc(N)c(C(=O)O)c2)n1. The molecule has 3 N–H and O–H groups in total. The molecule has 0 bridgehead atoms. The van der Waals surface area contributed by atoms with Gasteiger partial charge in [0.2, 0.25) is 0 Å². The molecule has 0 aliphatic heterocycles. The molecule has 1 aromatic heterocycles. The maximum absolute atomic E-state index is 11.0. The van der Waals surface area contributed by atoms with E-state index in [9.17, 15) is 4.79 Å². The molecule has 2 aromatic rings. The van der Waals surface area contributed by atoms with Crippen LogP contribution in [0.4, 0.5) is 5.69 Å². The molecule has 0 aliphatic rings. The van der Waals surface area contributed by atoms with Crippen molar-refractivity contribution in [2.24, 2.45) is 0 Å². The molecule has 0 spiro atoms. The molecular weight excluding hydrogens is 230 g/mol. The molecule has 5 nitrogen and oxygen atoms in total. The van der Waals surface area contributed by atoms with Gasteiger partial charge in [0.1, 0.15) is 0 Å². The average molecular weight is 245 g/mol. The van der Waals surface area contributed by atoms with Crippen LogP contribution in [0.2, 0.25) is 0 Å². The normalized spacial score (nSPS) is 10.8. The first-order valence-electron chi connectivity index (χ1n) is 5.68. The number of aromatic nitrogens is 2. The van der Waals surface area contributed by atoms with E-state index in [1.165, 1.54) is 6.07 Å². The largest absolute Gasteiger partial charge is 0.478 e. The molecule has 0 atom stereocenters. The zero-order chi connectivity index (χ0) is 13.3. The van der Waals surface area contributed by atoms with Crippen LogP contribution in [0.5, 0.6) is 0 Å². The van der Waals surface area contributed by atoms with Gasteiger partial charge >= 0.3 is 5.97 Å². The molecule has 0 saturated heterocycles. The minimum atomic E-state index is -1.04. The predicted octanol–water partition coefficient (Wildman–Crippen LogP) is 2.28. The van der Waals surface area contributed by atoms with Crippen LogP contribution in [0.15, 0.2) is 30.5 Å². The number of benzene rings is 1. The number of hydrogen-bond acceptors (Lipinski definition) is 3. The van der Waals surface area contributed by atoms with Crippen molar-refractivity contribution in [2.45, 2.75) is 19.8 Å². The van der Waals surface area contributed by atoms with Gasteiger partial charge in [0.25, 0.3) is 0 Å². The maximum atomic E-state index is 11.0. The monoisotopic (exact) mass is 245 g/mol. The summed E-state index contributed by atoms with van der Waals surface area (Å²) in [6.07, 6.45) is 1.81. The van der Waals surface area contributed by atoms with Crippen molar-refractivity contribution in [2.75, 3.05) is 5.73 Å². The quantitative estimate of drug-likeness (QED) is 0.813. The van der Waals surface area contributed by atoms with Gasteiger partial charge in [-0.3, -0.25) is 0 Å². The first kappa shape index (κ1) is 12.2. The Morgan fingerprint density at radius 2 is 2.11 bits per heavy atom. The second kappa shape index (κ2) is 4.52. The van der Waals surface area contributed by atoms with E-state index in [0.717, 1.165) is 5.69 Å². The van der Waals surface area contributed by atoms with Crippen LogP contribution in [0.3, 0.4) is 0 Å². The van der Waals surface area contributed by atoms with Crippen molar-refractivity contribution in [3.63, 3.8) is 0 Å². The van der Waals surface area contributed by atoms with E-state index in [2.05, 4.69) is 18.9 Å². The number of anilines is 1. The molecule has 0 fully saturated rings. The fourth-order valence-corrected chi connectivity index (χ4v) is 1.66. The Hall–Kier alpha value is -2.30. The number of nitrogen functional groups attached to an aromatic ring is 1. The lowest BCUT2D eigenvalue weighted by Crippen LogP contribution is -2.05. The van der Waals surface area contributed by atoms with Crippen LogP contribution in [-0.4, -0.2) is 20.9 Å². The highest BCUT2D eigenvalue weighted by Crippen LogP contribution is 2.18. The van der Waals surface area contributed by atoms with Gasteiger partial charge in [0, 0.05) is 11.9 Å². The summed E-state index contributed by atoms with van der Waals surface area (Å²) in [6.45, 7) is 4.11. The van der Waals surface area contributed by atoms with Gasteiger partial charge in [-0.1, -0.05) is 13.8 Å². The molecule has 94 valence electrons. The summed E-state index contributed by atoms with van der Waals surface area (Å²) in [4.78, 5) is 11.0. The highest BCUT2D eigenvalue weighted by molar-refractivity contribution is 5.94. The zero-order valence-electron chi connectivity index (χ0n) is 10.3. The van der Waals surface area contributed by atoms with E-state index >= 15 is 0 Å². The van der Waals surface area contributed by atoms with Crippen LogP contribution >= 0.6 is 0 Å². The summed E-state index contributed by atoms with van der Waals surface area (Å²) >= 11 is 0. The first-order chi connectivity index (χ1) is 8.49. The summed E-state index contributed by atoms with van der Waals surface area (Å²) in [7, 11) is 0. The number of carboxylic acid groups (broad SMARTS) is 1. The highest BCUT2D eigenvalue weighted by Gasteiger charge is 2.10. The number of carbonyl (C=O) groups is 1. The van der Waals surface area contributed by atoms with Crippen molar-refractivity contribution >= 4 is 11.7 Å². The van der Waals surface area contributed by atoms with E-state index in [0.29, 0.717) is 11.6 Å². The van der Waals surface area contributed by atoms with Gasteiger partial charge < -0.3 is 10.8 Å². The number of aromatic carboxylic acids is 1. The Kier molecular flexibility index (Phi) is 3.06. The van der Waals surface area contributed by atoms with Crippen LogP contribution in [0.25, 0.3) is 5.69 Å². The molecule has 2 rings (SSSR count). The van der Waals surface area contributed by atoms with Crippen molar-refractivity contribution in [3.05, 3.63) is 41.7 Å². The number of rotatable bonds is 3. The summed E-state index contributed by atoms with van der Waals surface area (Å²) in [5.74, 6) is -0.704. The third kappa shape index (κ3) is 2.20. The first-order valence-corrected chi connectivity index (χ1v) is 5.68. The Bertz CT molecular complexity index is 588. The van der Waals surface area contributed by atoms with Gasteiger partial charge in [0.05, 0.1) is 16.9 Å². The summed E-state index contributed by atoms with van der Waals surface area (Å²) < 4.78 is 1.65. The van der Waals surface area contributed by atoms with Gasteiger partial charge in [-0.05, 0) is 30.2 Å². The lowest BCUT2D eigenvalue weighted by molar-refractivity contribution is 0.0698. The topological polar surface area (TPSA) is 81.1 Å². The molecule has 0 aliphatic carbocycles. The fraction of sp³-hybridized carbons (Fsp3) is 0.231. The fourth-order valence-electron chi connectivity index (χ4n) is 1.66. The van der Waals surface area contributed by atoms with Gasteiger partial charge in [-0.25, -0.2) is 9.48 Å². The van der Waals surface area contributed by atoms with E-state index in [1.807, 2.05) is 12.3 Å². The molecule has 0 saturated carbocycles. The maximum Gasteiger partial charge on any atom is 0.337 e. The molecule has 0 amide bonds. The van der Waals surface area contributed by atoms with E-state index < -0.39 is 5.97 Å². The molecule has 0 radical (unpaired) electrons. The van der Waals surface area contributed by atoms with Gasteiger partial charge in [0.15, 0.2) is 0 Å². The second-order valence-corrected chi connectivity index (χ2v) is 4.42. The Balaban J connectivity index is 2.44. The van der Waals surface area contributed by atoms with Gasteiger partial charge in [-0.15, -0.1) is 0 Å². The zero-order valence-corrected chi connectivity index (χ0v) is 10.3. The summed E-state index contributed by atoms with van der Waals surface area (Å²) in [6, 6.07) is 6.77. The highest BCUT2D eigenvalue weighted by atomic mass is 16.4.